The van der Waals surface area contributed by atoms with Crippen molar-refractivity contribution in [1.29, 1.82) is 0 Å². The first-order valence-electron chi connectivity index (χ1n) is 10.8. The Morgan fingerprint density at radius 1 is 1.19 bits per heavy atom. The number of halogens is 1. The third kappa shape index (κ3) is 5.10. The molecule has 168 valence electrons. The highest BCUT2D eigenvalue weighted by Gasteiger charge is 2.27. The number of rotatable bonds is 6. The number of aryl methyl sites for hydroxylation is 1. The molecular formula is C24H27ClN4O2S. The monoisotopic (exact) mass is 470 g/mol. The summed E-state index contributed by atoms with van der Waals surface area (Å²) in [6.07, 6.45) is 5.92. The highest BCUT2D eigenvalue weighted by atomic mass is 35.5. The lowest BCUT2D eigenvalue weighted by Gasteiger charge is -2.30. The maximum Gasteiger partial charge on any atom is 0.233 e. The van der Waals surface area contributed by atoms with Crippen molar-refractivity contribution in [1.82, 2.24) is 19.7 Å². The largest absolute Gasteiger partial charge is 0.497 e. The van der Waals surface area contributed by atoms with E-state index in [1.807, 2.05) is 46.7 Å². The smallest absolute Gasteiger partial charge is 0.233 e. The SMILES string of the molecule is COc1ccc(C2CCCCCN2C(=O)CSc2nncn2-c2ccc(C)c(Cl)c2)cc1. The number of carbonyl (C=O) groups is 1. The molecule has 1 atom stereocenters. The Morgan fingerprint density at radius 2 is 2.00 bits per heavy atom. The minimum Gasteiger partial charge on any atom is -0.497 e. The Hall–Kier alpha value is -2.51. The van der Waals surface area contributed by atoms with E-state index in [-0.39, 0.29) is 11.9 Å². The van der Waals surface area contributed by atoms with Crippen molar-refractivity contribution >= 4 is 29.3 Å². The molecular weight excluding hydrogens is 444 g/mol. The summed E-state index contributed by atoms with van der Waals surface area (Å²) in [6.45, 7) is 2.74. The molecule has 0 spiro atoms. The molecule has 0 N–H and O–H groups in total. The number of nitrogens with zero attached hydrogens (tertiary/aromatic N) is 4. The molecule has 2 heterocycles. The number of carbonyl (C=O) groups excluding carboxylic acids is 1. The third-order valence-corrected chi connectivity index (χ3v) is 7.18. The summed E-state index contributed by atoms with van der Waals surface area (Å²) in [5.74, 6) is 1.26. The fraction of sp³-hybridized carbons (Fsp3) is 0.375. The van der Waals surface area contributed by atoms with Gasteiger partial charge in [0.2, 0.25) is 5.91 Å². The maximum atomic E-state index is 13.3. The molecule has 1 aromatic heterocycles. The molecule has 32 heavy (non-hydrogen) atoms. The zero-order chi connectivity index (χ0) is 22.5. The molecule has 2 aromatic carbocycles. The minimum absolute atomic E-state index is 0.0882. The fourth-order valence-corrected chi connectivity index (χ4v) is 5.01. The number of amides is 1. The molecule has 1 saturated heterocycles. The van der Waals surface area contributed by atoms with Crippen LogP contribution in [0.25, 0.3) is 5.69 Å². The topological polar surface area (TPSA) is 60.2 Å². The second-order valence-corrected chi connectivity index (χ2v) is 9.28. The van der Waals surface area contributed by atoms with Gasteiger partial charge in [-0.15, -0.1) is 10.2 Å². The van der Waals surface area contributed by atoms with Crippen molar-refractivity contribution in [2.45, 2.75) is 43.8 Å². The number of ether oxygens (including phenoxy) is 1. The number of likely N-dealkylation sites (tertiary alicyclic amines) is 1. The van der Waals surface area contributed by atoms with E-state index >= 15 is 0 Å². The van der Waals surface area contributed by atoms with Gasteiger partial charge in [0.1, 0.15) is 12.1 Å². The number of hydrogen-bond acceptors (Lipinski definition) is 5. The van der Waals surface area contributed by atoms with Crippen molar-refractivity contribution in [2.24, 2.45) is 0 Å². The summed E-state index contributed by atoms with van der Waals surface area (Å²) < 4.78 is 7.16. The number of thioether (sulfide) groups is 1. The molecule has 0 radical (unpaired) electrons. The molecule has 6 nitrogen and oxygen atoms in total. The van der Waals surface area contributed by atoms with Crippen molar-refractivity contribution in [3.63, 3.8) is 0 Å². The van der Waals surface area contributed by atoms with E-state index in [1.54, 1.807) is 13.4 Å². The molecule has 1 amide bonds. The van der Waals surface area contributed by atoms with Crippen molar-refractivity contribution < 1.29 is 9.53 Å². The molecule has 1 unspecified atom stereocenters. The zero-order valence-electron chi connectivity index (χ0n) is 18.3. The minimum atomic E-state index is 0.0882. The molecule has 1 fully saturated rings. The van der Waals surface area contributed by atoms with E-state index in [2.05, 4.69) is 22.3 Å². The van der Waals surface area contributed by atoms with Gasteiger partial charge >= 0.3 is 0 Å². The Morgan fingerprint density at radius 3 is 2.75 bits per heavy atom. The lowest BCUT2D eigenvalue weighted by atomic mass is 10.0. The number of benzene rings is 2. The van der Waals surface area contributed by atoms with Crippen LogP contribution in [0.1, 0.15) is 42.9 Å². The lowest BCUT2D eigenvalue weighted by molar-refractivity contribution is -0.130. The number of aromatic nitrogens is 3. The second-order valence-electron chi connectivity index (χ2n) is 7.93. The van der Waals surface area contributed by atoms with Crippen molar-refractivity contribution in [2.75, 3.05) is 19.4 Å². The van der Waals surface area contributed by atoms with Crippen LogP contribution < -0.4 is 4.74 Å². The van der Waals surface area contributed by atoms with Crippen LogP contribution in [-0.2, 0) is 4.79 Å². The summed E-state index contributed by atoms with van der Waals surface area (Å²) >= 11 is 7.70. The normalized spacial score (nSPS) is 16.6. The molecule has 1 aliphatic heterocycles. The van der Waals surface area contributed by atoms with Gasteiger partial charge in [0.05, 0.1) is 24.6 Å². The van der Waals surface area contributed by atoms with E-state index in [9.17, 15) is 4.79 Å². The Kier molecular flexibility index (Phi) is 7.37. The fourth-order valence-electron chi connectivity index (χ4n) is 4.02. The maximum absolute atomic E-state index is 13.3. The van der Waals surface area contributed by atoms with E-state index in [0.29, 0.717) is 15.9 Å². The summed E-state index contributed by atoms with van der Waals surface area (Å²) in [5, 5.41) is 9.64. The summed E-state index contributed by atoms with van der Waals surface area (Å²) in [4.78, 5) is 15.3. The summed E-state index contributed by atoms with van der Waals surface area (Å²) in [5.41, 5.74) is 3.05. The zero-order valence-corrected chi connectivity index (χ0v) is 19.9. The van der Waals surface area contributed by atoms with Crippen LogP contribution in [0.2, 0.25) is 5.02 Å². The van der Waals surface area contributed by atoms with Gasteiger partial charge in [-0.1, -0.05) is 54.4 Å². The van der Waals surface area contributed by atoms with E-state index in [0.717, 1.165) is 54.8 Å². The predicted octanol–water partition coefficient (Wildman–Crippen LogP) is 5.47. The molecule has 3 aromatic rings. The molecule has 0 saturated carbocycles. The second kappa shape index (κ2) is 10.4. The van der Waals surface area contributed by atoms with E-state index < -0.39 is 0 Å². The van der Waals surface area contributed by atoms with E-state index in [1.165, 1.54) is 11.8 Å². The van der Waals surface area contributed by atoms with Gasteiger partial charge in [0, 0.05) is 11.6 Å². The third-order valence-electron chi connectivity index (χ3n) is 5.85. The average Bonchev–Trinajstić information content (AvgIpc) is 3.14. The highest BCUT2D eigenvalue weighted by molar-refractivity contribution is 7.99. The van der Waals surface area contributed by atoms with Crippen LogP contribution in [0, 0.1) is 6.92 Å². The highest BCUT2D eigenvalue weighted by Crippen LogP contribution is 2.32. The van der Waals surface area contributed by atoms with Gasteiger partial charge in [-0.05, 0) is 55.2 Å². The van der Waals surface area contributed by atoms with Gasteiger partial charge in [0.25, 0.3) is 0 Å². The van der Waals surface area contributed by atoms with Gasteiger partial charge in [-0.2, -0.15) is 0 Å². The Bertz CT molecular complexity index is 1070. The Labute approximate surface area is 197 Å². The predicted molar refractivity (Wildman–Crippen MR) is 128 cm³/mol. The first kappa shape index (κ1) is 22.7. The molecule has 4 rings (SSSR count). The molecule has 1 aliphatic rings. The van der Waals surface area contributed by atoms with Crippen LogP contribution in [0.15, 0.2) is 53.9 Å². The van der Waals surface area contributed by atoms with Crippen LogP contribution in [-0.4, -0.2) is 45.0 Å². The van der Waals surface area contributed by atoms with Gasteiger partial charge in [0.15, 0.2) is 5.16 Å². The van der Waals surface area contributed by atoms with Gasteiger partial charge in [-0.25, -0.2) is 0 Å². The van der Waals surface area contributed by atoms with Crippen molar-refractivity contribution in [3.05, 3.63) is 64.9 Å². The molecule has 0 aliphatic carbocycles. The summed E-state index contributed by atoms with van der Waals surface area (Å²) in [7, 11) is 1.66. The average molecular weight is 471 g/mol. The molecule has 0 bridgehead atoms. The first-order valence-corrected chi connectivity index (χ1v) is 12.2. The lowest BCUT2D eigenvalue weighted by Crippen LogP contribution is -2.36. The van der Waals surface area contributed by atoms with Crippen LogP contribution in [0.5, 0.6) is 5.75 Å². The van der Waals surface area contributed by atoms with Gasteiger partial charge < -0.3 is 9.64 Å². The standard InChI is InChI=1S/C24H27ClN4O2S/c1-17-7-10-19(14-21(17)25)29-16-26-27-24(29)32-15-23(30)28-13-5-3-4-6-22(28)18-8-11-20(31-2)12-9-18/h7-12,14,16,22H,3-6,13,15H2,1-2H3. The molecule has 8 heteroatoms. The van der Waals surface area contributed by atoms with Crippen LogP contribution in [0.4, 0.5) is 0 Å². The van der Waals surface area contributed by atoms with Crippen LogP contribution >= 0.6 is 23.4 Å². The van der Waals surface area contributed by atoms with E-state index in [4.69, 9.17) is 16.3 Å². The Balaban J connectivity index is 1.49. The quantitative estimate of drug-likeness (QED) is 0.447. The van der Waals surface area contributed by atoms with Crippen LogP contribution in [0.3, 0.4) is 0 Å². The number of hydrogen-bond donors (Lipinski definition) is 0. The number of methoxy groups -OCH3 is 1. The van der Waals surface area contributed by atoms with Gasteiger partial charge in [-0.3, -0.25) is 9.36 Å². The van der Waals surface area contributed by atoms with Crippen molar-refractivity contribution in [3.8, 4) is 11.4 Å². The summed E-state index contributed by atoms with van der Waals surface area (Å²) in [6, 6.07) is 14.0. The first-order chi connectivity index (χ1) is 15.6.